The van der Waals surface area contributed by atoms with Gasteiger partial charge in [0.2, 0.25) is 0 Å². The molecule has 0 saturated carbocycles. The third-order valence-corrected chi connectivity index (χ3v) is 3.90. The van der Waals surface area contributed by atoms with Gasteiger partial charge in [-0.15, -0.1) is 0 Å². The number of ether oxygens (including phenoxy) is 1. The molecule has 1 amide bonds. The van der Waals surface area contributed by atoms with Crippen molar-refractivity contribution in [1.82, 2.24) is 14.7 Å². The number of aromatic nitrogens is 2. The molecule has 0 bridgehead atoms. The van der Waals surface area contributed by atoms with Crippen molar-refractivity contribution in [3.05, 3.63) is 58.5 Å². The van der Waals surface area contributed by atoms with Crippen LogP contribution >= 0.6 is 0 Å². The lowest BCUT2D eigenvalue weighted by Crippen LogP contribution is -2.46. The number of benzene rings is 1. The van der Waals surface area contributed by atoms with E-state index in [0.29, 0.717) is 25.4 Å². The van der Waals surface area contributed by atoms with Crippen molar-refractivity contribution in [1.29, 1.82) is 0 Å². The minimum atomic E-state index is -0.263. The zero-order valence-corrected chi connectivity index (χ0v) is 13.0. The molecule has 1 aliphatic rings. The molecule has 0 aliphatic carbocycles. The lowest BCUT2D eigenvalue weighted by Gasteiger charge is -2.32. The van der Waals surface area contributed by atoms with Gasteiger partial charge in [-0.2, -0.15) is 9.78 Å². The lowest BCUT2D eigenvalue weighted by atomic mass is 10.2. The van der Waals surface area contributed by atoms with Gasteiger partial charge in [0.25, 0.3) is 11.5 Å². The van der Waals surface area contributed by atoms with E-state index in [2.05, 4.69) is 5.10 Å². The minimum absolute atomic E-state index is 0.0627. The standard InChI is InChI=1S/C17H19N3O3/c1-2-14-12-19(10-11-23-14)17(22)15-8-9-16(21)20(18-15)13-6-4-3-5-7-13/h3-9,14H,2,10-12H2,1H3. The van der Waals surface area contributed by atoms with Crippen LogP contribution in [0.3, 0.4) is 0 Å². The summed E-state index contributed by atoms with van der Waals surface area (Å²) < 4.78 is 6.84. The number of carbonyl (C=O) groups is 1. The summed E-state index contributed by atoms with van der Waals surface area (Å²) in [7, 11) is 0. The smallest absolute Gasteiger partial charge is 0.274 e. The van der Waals surface area contributed by atoms with Crippen LogP contribution in [-0.4, -0.2) is 46.4 Å². The number of rotatable bonds is 3. The van der Waals surface area contributed by atoms with Crippen LogP contribution in [0.25, 0.3) is 5.69 Å². The first-order valence-corrected chi connectivity index (χ1v) is 7.75. The zero-order valence-electron chi connectivity index (χ0n) is 13.0. The molecular formula is C17H19N3O3. The Hall–Kier alpha value is -2.47. The normalized spacial score (nSPS) is 18.0. The second kappa shape index (κ2) is 6.75. The second-order valence-electron chi connectivity index (χ2n) is 5.46. The molecule has 120 valence electrons. The molecule has 1 aromatic heterocycles. The molecule has 1 fully saturated rings. The van der Waals surface area contributed by atoms with Gasteiger partial charge in [-0.3, -0.25) is 9.59 Å². The van der Waals surface area contributed by atoms with Gasteiger partial charge in [0.1, 0.15) is 5.69 Å². The number of hydrogen-bond donors (Lipinski definition) is 0. The minimum Gasteiger partial charge on any atom is -0.375 e. The van der Waals surface area contributed by atoms with Crippen LogP contribution in [0.5, 0.6) is 0 Å². The van der Waals surface area contributed by atoms with Gasteiger partial charge >= 0.3 is 0 Å². The van der Waals surface area contributed by atoms with Crippen molar-refractivity contribution in [2.45, 2.75) is 19.4 Å². The van der Waals surface area contributed by atoms with E-state index in [1.807, 2.05) is 25.1 Å². The van der Waals surface area contributed by atoms with Crippen LogP contribution in [0, 0.1) is 0 Å². The van der Waals surface area contributed by atoms with E-state index in [9.17, 15) is 9.59 Å². The molecular weight excluding hydrogens is 294 g/mol. The molecule has 1 aliphatic heterocycles. The molecule has 2 aromatic rings. The third-order valence-electron chi connectivity index (χ3n) is 3.90. The van der Waals surface area contributed by atoms with Crippen LogP contribution in [0.15, 0.2) is 47.3 Å². The summed E-state index contributed by atoms with van der Waals surface area (Å²) >= 11 is 0. The SMILES string of the molecule is CCC1CN(C(=O)c2ccc(=O)n(-c3ccccc3)n2)CCO1. The number of amides is 1. The lowest BCUT2D eigenvalue weighted by molar-refractivity contribution is -0.0228. The van der Waals surface area contributed by atoms with E-state index in [0.717, 1.165) is 6.42 Å². The molecule has 0 radical (unpaired) electrons. The second-order valence-corrected chi connectivity index (χ2v) is 5.46. The summed E-state index contributed by atoms with van der Waals surface area (Å²) in [5, 5.41) is 4.24. The molecule has 1 atom stereocenters. The van der Waals surface area contributed by atoms with E-state index in [1.165, 1.54) is 16.8 Å². The highest BCUT2D eigenvalue weighted by molar-refractivity contribution is 5.92. The van der Waals surface area contributed by atoms with Gasteiger partial charge in [0.05, 0.1) is 18.4 Å². The first-order valence-electron chi connectivity index (χ1n) is 7.75. The Morgan fingerprint density at radius 2 is 2.04 bits per heavy atom. The summed E-state index contributed by atoms with van der Waals surface area (Å²) in [5.41, 5.74) is 0.645. The molecule has 1 saturated heterocycles. The average Bonchev–Trinajstić information content (AvgIpc) is 2.62. The van der Waals surface area contributed by atoms with Gasteiger partial charge in [-0.05, 0) is 24.6 Å². The molecule has 6 heteroatoms. The highest BCUT2D eigenvalue weighted by Crippen LogP contribution is 2.11. The zero-order chi connectivity index (χ0) is 16.2. The quantitative estimate of drug-likeness (QED) is 0.861. The fourth-order valence-electron chi connectivity index (χ4n) is 2.59. The summed E-state index contributed by atoms with van der Waals surface area (Å²) in [4.78, 5) is 26.4. The monoisotopic (exact) mass is 313 g/mol. The number of para-hydroxylation sites is 1. The summed E-state index contributed by atoms with van der Waals surface area (Å²) in [6.07, 6.45) is 0.925. The number of morpholine rings is 1. The van der Waals surface area contributed by atoms with Crippen LogP contribution < -0.4 is 5.56 Å². The Morgan fingerprint density at radius 3 is 2.78 bits per heavy atom. The van der Waals surface area contributed by atoms with E-state index in [4.69, 9.17) is 4.74 Å². The Bertz CT molecular complexity index is 742. The van der Waals surface area contributed by atoms with Crippen molar-refractivity contribution in [3.63, 3.8) is 0 Å². The number of hydrogen-bond acceptors (Lipinski definition) is 4. The highest BCUT2D eigenvalue weighted by atomic mass is 16.5. The molecule has 23 heavy (non-hydrogen) atoms. The fraction of sp³-hybridized carbons (Fsp3) is 0.353. The Morgan fingerprint density at radius 1 is 1.26 bits per heavy atom. The fourth-order valence-corrected chi connectivity index (χ4v) is 2.59. The van der Waals surface area contributed by atoms with Crippen molar-refractivity contribution >= 4 is 5.91 Å². The molecule has 0 N–H and O–H groups in total. The first kappa shape index (κ1) is 15.4. The van der Waals surface area contributed by atoms with Crippen molar-refractivity contribution in [3.8, 4) is 5.69 Å². The van der Waals surface area contributed by atoms with Gasteiger partial charge in [-0.25, -0.2) is 0 Å². The molecule has 0 spiro atoms. The van der Waals surface area contributed by atoms with Crippen molar-refractivity contribution in [2.24, 2.45) is 0 Å². The maximum absolute atomic E-state index is 12.6. The Labute approximate surface area is 134 Å². The summed E-state index contributed by atoms with van der Waals surface area (Å²) in [5.74, 6) is -0.170. The topological polar surface area (TPSA) is 64.4 Å². The van der Waals surface area contributed by atoms with Crippen LogP contribution in [0.2, 0.25) is 0 Å². The van der Waals surface area contributed by atoms with E-state index < -0.39 is 0 Å². The maximum atomic E-state index is 12.6. The van der Waals surface area contributed by atoms with Crippen LogP contribution in [0.1, 0.15) is 23.8 Å². The third kappa shape index (κ3) is 3.32. The summed E-state index contributed by atoms with van der Waals surface area (Å²) in [6, 6.07) is 11.9. The van der Waals surface area contributed by atoms with Crippen LogP contribution in [0.4, 0.5) is 0 Å². The predicted octanol–water partition coefficient (Wildman–Crippen LogP) is 1.48. The molecule has 3 rings (SSSR count). The van der Waals surface area contributed by atoms with Gasteiger partial charge in [0, 0.05) is 19.2 Å². The molecule has 6 nitrogen and oxygen atoms in total. The van der Waals surface area contributed by atoms with Crippen molar-refractivity contribution in [2.75, 3.05) is 19.7 Å². The highest BCUT2D eigenvalue weighted by Gasteiger charge is 2.25. The summed E-state index contributed by atoms with van der Waals surface area (Å²) in [6.45, 7) is 3.66. The molecule has 2 heterocycles. The number of nitrogens with zero attached hydrogens (tertiary/aromatic N) is 3. The van der Waals surface area contributed by atoms with Crippen molar-refractivity contribution < 1.29 is 9.53 Å². The Kier molecular flexibility index (Phi) is 4.52. The van der Waals surface area contributed by atoms with Gasteiger partial charge in [0.15, 0.2) is 0 Å². The number of carbonyl (C=O) groups excluding carboxylic acids is 1. The van der Waals surface area contributed by atoms with Crippen LogP contribution in [-0.2, 0) is 4.74 Å². The van der Waals surface area contributed by atoms with Gasteiger partial charge in [-0.1, -0.05) is 25.1 Å². The molecule has 1 unspecified atom stereocenters. The predicted molar refractivity (Wildman–Crippen MR) is 85.8 cm³/mol. The largest absolute Gasteiger partial charge is 0.375 e. The Balaban J connectivity index is 1.89. The average molecular weight is 313 g/mol. The maximum Gasteiger partial charge on any atom is 0.274 e. The van der Waals surface area contributed by atoms with E-state index >= 15 is 0 Å². The van der Waals surface area contributed by atoms with Gasteiger partial charge < -0.3 is 9.64 Å². The van der Waals surface area contributed by atoms with E-state index in [1.54, 1.807) is 17.0 Å². The van der Waals surface area contributed by atoms with E-state index in [-0.39, 0.29) is 23.3 Å². The molecule has 1 aromatic carbocycles. The first-order chi connectivity index (χ1) is 11.2.